The summed E-state index contributed by atoms with van der Waals surface area (Å²) in [5.41, 5.74) is 1.84. The molecule has 3 heterocycles. The van der Waals surface area contributed by atoms with Gasteiger partial charge in [0.15, 0.2) is 5.13 Å². The second-order valence-electron chi connectivity index (χ2n) is 8.53. The molecule has 0 radical (unpaired) electrons. The maximum absolute atomic E-state index is 12.4. The lowest BCUT2D eigenvalue weighted by Gasteiger charge is -2.13. The van der Waals surface area contributed by atoms with Crippen LogP contribution in [0.1, 0.15) is 43.8 Å². The summed E-state index contributed by atoms with van der Waals surface area (Å²) < 4.78 is 1.65. The Hall–Kier alpha value is -3.47. The van der Waals surface area contributed by atoms with Crippen LogP contribution in [-0.4, -0.2) is 38.4 Å². The number of urea groups is 2. The first-order valence-corrected chi connectivity index (χ1v) is 11.5. The SMILES string of the molecule is CCNC(=O)Nc1cc(CCc2cnc(NC(=O)Nc3cc(C(C)(C)C)nn3C)s2)ccn1. The normalized spacial score (nSPS) is 11.2. The third-order valence-electron chi connectivity index (χ3n) is 4.73. The van der Waals surface area contributed by atoms with Gasteiger partial charge in [-0.25, -0.2) is 19.6 Å². The fraction of sp³-hybridized carbons (Fsp3) is 0.409. The van der Waals surface area contributed by atoms with Crippen LogP contribution in [0.2, 0.25) is 0 Å². The number of hydrogen-bond donors (Lipinski definition) is 4. The number of anilines is 3. The number of rotatable bonds is 7. The molecule has 0 fully saturated rings. The van der Waals surface area contributed by atoms with Gasteiger partial charge in [-0.1, -0.05) is 20.8 Å². The molecule has 4 amide bonds. The second-order valence-corrected chi connectivity index (χ2v) is 9.65. The summed E-state index contributed by atoms with van der Waals surface area (Å²) in [6.07, 6.45) is 4.94. The van der Waals surface area contributed by atoms with Crippen LogP contribution in [0, 0.1) is 0 Å². The van der Waals surface area contributed by atoms with Gasteiger partial charge >= 0.3 is 12.1 Å². The monoisotopic (exact) mass is 470 g/mol. The molecule has 0 unspecified atom stereocenters. The van der Waals surface area contributed by atoms with Crippen LogP contribution in [-0.2, 0) is 25.3 Å². The number of aryl methyl sites for hydroxylation is 3. The zero-order valence-electron chi connectivity index (χ0n) is 19.5. The first-order chi connectivity index (χ1) is 15.6. The van der Waals surface area contributed by atoms with E-state index in [0.717, 1.165) is 29.0 Å². The van der Waals surface area contributed by atoms with E-state index in [1.807, 2.05) is 25.1 Å². The minimum atomic E-state index is -0.366. The molecular weight excluding hydrogens is 440 g/mol. The van der Waals surface area contributed by atoms with E-state index in [1.54, 1.807) is 24.1 Å². The highest BCUT2D eigenvalue weighted by Crippen LogP contribution is 2.24. The van der Waals surface area contributed by atoms with Gasteiger partial charge in [-0.05, 0) is 37.5 Å². The van der Waals surface area contributed by atoms with Gasteiger partial charge in [0.2, 0.25) is 0 Å². The zero-order valence-corrected chi connectivity index (χ0v) is 20.3. The predicted molar refractivity (Wildman–Crippen MR) is 131 cm³/mol. The Morgan fingerprint density at radius 1 is 1.06 bits per heavy atom. The highest BCUT2D eigenvalue weighted by molar-refractivity contribution is 7.15. The lowest BCUT2D eigenvalue weighted by molar-refractivity contribution is 0.252. The number of hydrogen-bond acceptors (Lipinski definition) is 6. The molecule has 3 aromatic rings. The van der Waals surface area contributed by atoms with Crippen molar-refractivity contribution >= 4 is 40.2 Å². The third-order valence-corrected chi connectivity index (χ3v) is 5.70. The summed E-state index contributed by atoms with van der Waals surface area (Å²) in [7, 11) is 1.79. The van der Waals surface area contributed by atoms with Crippen molar-refractivity contribution in [3.8, 4) is 0 Å². The molecule has 0 aromatic carbocycles. The van der Waals surface area contributed by atoms with E-state index in [1.165, 1.54) is 11.3 Å². The quantitative estimate of drug-likeness (QED) is 0.413. The number of nitrogens with one attached hydrogen (secondary N) is 4. The minimum absolute atomic E-state index is 0.105. The Kier molecular flexibility index (Phi) is 7.64. The Labute approximate surface area is 197 Å². The topological polar surface area (TPSA) is 126 Å². The van der Waals surface area contributed by atoms with Crippen LogP contribution < -0.4 is 21.3 Å². The number of aromatic nitrogens is 4. The number of carbonyl (C=O) groups excluding carboxylic acids is 2. The van der Waals surface area contributed by atoms with Crippen molar-refractivity contribution in [1.82, 2.24) is 25.1 Å². The lowest BCUT2D eigenvalue weighted by atomic mass is 9.92. The highest BCUT2D eigenvalue weighted by atomic mass is 32.1. The molecule has 0 saturated heterocycles. The lowest BCUT2D eigenvalue weighted by Crippen LogP contribution is -2.28. The second kappa shape index (κ2) is 10.4. The summed E-state index contributed by atoms with van der Waals surface area (Å²) in [5, 5.41) is 16.0. The molecule has 0 saturated carbocycles. The van der Waals surface area contributed by atoms with Gasteiger partial charge in [-0.3, -0.25) is 20.6 Å². The van der Waals surface area contributed by atoms with Crippen molar-refractivity contribution in [3.05, 3.63) is 46.7 Å². The number of pyridine rings is 1. The molecular formula is C22H30N8O2S. The summed E-state index contributed by atoms with van der Waals surface area (Å²) in [6.45, 7) is 8.62. The summed E-state index contributed by atoms with van der Waals surface area (Å²) in [5.74, 6) is 1.12. The Balaban J connectivity index is 1.53. The first-order valence-electron chi connectivity index (χ1n) is 10.7. The van der Waals surface area contributed by atoms with Crippen molar-refractivity contribution in [2.24, 2.45) is 7.05 Å². The maximum atomic E-state index is 12.4. The van der Waals surface area contributed by atoms with Crippen LogP contribution in [0.3, 0.4) is 0 Å². The smallest absolute Gasteiger partial charge is 0.326 e. The van der Waals surface area contributed by atoms with Crippen molar-refractivity contribution in [1.29, 1.82) is 0 Å². The summed E-state index contributed by atoms with van der Waals surface area (Å²) >= 11 is 1.43. The fourth-order valence-electron chi connectivity index (χ4n) is 2.96. The largest absolute Gasteiger partial charge is 0.338 e. The maximum Gasteiger partial charge on any atom is 0.326 e. The van der Waals surface area contributed by atoms with E-state index in [0.29, 0.717) is 23.3 Å². The van der Waals surface area contributed by atoms with Crippen molar-refractivity contribution < 1.29 is 9.59 Å². The highest BCUT2D eigenvalue weighted by Gasteiger charge is 2.20. The van der Waals surface area contributed by atoms with Crippen LogP contribution >= 0.6 is 11.3 Å². The first kappa shape index (κ1) is 24.2. The van der Waals surface area contributed by atoms with Crippen molar-refractivity contribution in [2.75, 3.05) is 22.5 Å². The van der Waals surface area contributed by atoms with Gasteiger partial charge in [0, 0.05) is 42.3 Å². The van der Waals surface area contributed by atoms with Gasteiger partial charge in [0.05, 0.1) is 5.69 Å². The fourth-order valence-corrected chi connectivity index (χ4v) is 3.77. The van der Waals surface area contributed by atoms with Gasteiger partial charge in [0.1, 0.15) is 11.6 Å². The Morgan fingerprint density at radius 3 is 2.55 bits per heavy atom. The standard InChI is InChI=1S/C22H30N8O2S/c1-6-23-19(31)26-17-11-14(9-10-24-17)7-8-15-13-25-21(33-15)28-20(32)27-18-12-16(22(2,3)4)29-30(18)5/h9-13H,6-8H2,1-5H3,(H2,23,24,26,31)(H2,25,27,28,32). The van der Waals surface area contributed by atoms with E-state index in [2.05, 4.69) is 57.1 Å². The van der Waals surface area contributed by atoms with Gasteiger partial charge in [-0.2, -0.15) is 5.10 Å². The molecule has 4 N–H and O–H groups in total. The molecule has 0 aliphatic rings. The molecule has 33 heavy (non-hydrogen) atoms. The van der Waals surface area contributed by atoms with Crippen molar-refractivity contribution in [2.45, 2.75) is 46.0 Å². The molecule has 10 nitrogen and oxygen atoms in total. The van der Waals surface area contributed by atoms with E-state index >= 15 is 0 Å². The molecule has 0 aliphatic carbocycles. The van der Waals surface area contributed by atoms with Gasteiger partial charge in [-0.15, -0.1) is 11.3 Å². The van der Waals surface area contributed by atoms with E-state index in [-0.39, 0.29) is 17.5 Å². The molecule has 3 rings (SSSR count). The molecule has 0 spiro atoms. The number of nitrogens with zero attached hydrogens (tertiary/aromatic N) is 4. The average Bonchev–Trinajstić information content (AvgIpc) is 3.33. The number of amides is 4. The van der Waals surface area contributed by atoms with E-state index in [9.17, 15) is 9.59 Å². The van der Waals surface area contributed by atoms with Gasteiger partial charge in [0.25, 0.3) is 0 Å². The molecule has 0 aliphatic heterocycles. The number of carbonyl (C=O) groups is 2. The van der Waals surface area contributed by atoms with E-state index in [4.69, 9.17) is 0 Å². The molecule has 11 heteroatoms. The minimum Gasteiger partial charge on any atom is -0.338 e. The van der Waals surface area contributed by atoms with Crippen LogP contribution in [0.25, 0.3) is 0 Å². The summed E-state index contributed by atoms with van der Waals surface area (Å²) in [4.78, 5) is 33.6. The van der Waals surface area contributed by atoms with E-state index < -0.39 is 0 Å². The molecule has 0 bridgehead atoms. The Bertz CT molecular complexity index is 1120. The molecule has 3 aromatic heterocycles. The molecule has 0 atom stereocenters. The van der Waals surface area contributed by atoms with Crippen molar-refractivity contribution in [3.63, 3.8) is 0 Å². The third kappa shape index (κ3) is 7.01. The summed E-state index contributed by atoms with van der Waals surface area (Å²) in [6, 6.07) is 4.99. The van der Waals surface area contributed by atoms with Crippen LogP contribution in [0.15, 0.2) is 30.6 Å². The van der Waals surface area contributed by atoms with Crippen LogP contribution in [0.4, 0.5) is 26.4 Å². The van der Waals surface area contributed by atoms with Crippen LogP contribution in [0.5, 0.6) is 0 Å². The predicted octanol–water partition coefficient (Wildman–Crippen LogP) is 4.14. The molecule has 176 valence electrons. The number of thiazole rings is 1. The van der Waals surface area contributed by atoms with Gasteiger partial charge < -0.3 is 5.32 Å². The average molecular weight is 471 g/mol. The zero-order chi connectivity index (χ0) is 24.0. The Morgan fingerprint density at radius 2 is 1.85 bits per heavy atom.